The first-order chi connectivity index (χ1) is 14.3. The van der Waals surface area contributed by atoms with Gasteiger partial charge < -0.3 is 14.6 Å². The molecule has 0 radical (unpaired) electrons. The highest BCUT2D eigenvalue weighted by atomic mass is 16.5. The third kappa shape index (κ3) is 2.94. The van der Waals surface area contributed by atoms with Crippen LogP contribution >= 0.6 is 0 Å². The molecule has 6 nitrogen and oxygen atoms in total. The van der Waals surface area contributed by atoms with Crippen molar-refractivity contribution in [1.29, 1.82) is 0 Å². The summed E-state index contributed by atoms with van der Waals surface area (Å²) in [4.78, 5) is 38.9. The van der Waals surface area contributed by atoms with Gasteiger partial charge in [0.15, 0.2) is 11.6 Å². The van der Waals surface area contributed by atoms with Crippen LogP contribution in [0, 0.1) is 11.8 Å². The van der Waals surface area contributed by atoms with Crippen LogP contribution in [0.1, 0.15) is 82.4 Å². The van der Waals surface area contributed by atoms with Gasteiger partial charge in [-0.15, -0.1) is 0 Å². The lowest BCUT2D eigenvalue weighted by Crippen LogP contribution is -2.31. The minimum Gasteiger partial charge on any atom is -0.496 e. The maximum absolute atomic E-state index is 13.4. The largest absolute Gasteiger partial charge is 0.496 e. The molecule has 156 valence electrons. The van der Waals surface area contributed by atoms with Crippen LogP contribution < -0.4 is 4.74 Å². The van der Waals surface area contributed by atoms with Gasteiger partial charge in [0.1, 0.15) is 11.9 Å². The molecule has 0 bridgehead atoms. The zero-order chi connectivity index (χ0) is 21.7. The molecule has 2 aromatic rings. The Morgan fingerprint density at radius 2 is 1.73 bits per heavy atom. The van der Waals surface area contributed by atoms with Gasteiger partial charge in [-0.2, -0.15) is 0 Å². The van der Waals surface area contributed by atoms with Crippen molar-refractivity contribution in [1.82, 2.24) is 0 Å². The predicted octanol–water partition coefficient (Wildman–Crippen LogP) is 3.78. The quantitative estimate of drug-likeness (QED) is 0.664. The second kappa shape index (κ2) is 7.36. The average Bonchev–Trinajstić information content (AvgIpc) is 2.73. The van der Waals surface area contributed by atoms with E-state index in [-0.39, 0.29) is 51.6 Å². The van der Waals surface area contributed by atoms with E-state index >= 15 is 0 Å². The summed E-state index contributed by atoms with van der Waals surface area (Å²) >= 11 is 0. The molecule has 2 aliphatic rings. The third-order valence-electron chi connectivity index (χ3n) is 5.93. The second-order valence-corrected chi connectivity index (χ2v) is 8.27. The van der Waals surface area contributed by atoms with Crippen molar-refractivity contribution in [2.75, 3.05) is 7.11 Å². The van der Waals surface area contributed by atoms with Gasteiger partial charge in [-0.25, -0.2) is 0 Å². The number of benzene rings is 2. The van der Waals surface area contributed by atoms with Crippen LogP contribution in [0.2, 0.25) is 0 Å². The first-order valence-electron chi connectivity index (χ1n) is 10.1. The van der Waals surface area contributed by atoms with E-state index in [9.17, 15) is 19.5 Å². The molecule has 0 saturated heterocycles. The van der Waals surface area contributed by atoms with Crippen molar-refractivity contribution in [3.63, 3.8) is 0 Å². The maximum Gasteiger partial charge on any atom is 0.308 e. The van der Waals surface area contributed by atoms with Crippen molar-refractivity contribution in [2.45, 2.75) is 39.4 Å². The third-order valence-corrected chi connectivity index (χ3v) is 5.93. The molecule has 3 atom stereocenters. The highest BCUT2D eigenvalue weighted by Crippen LogP contribution is 2.47. The maximum atomic E-state index is 13.4. The Kier molecular flexibility index (Phi) is 4.98. The summed E-state index contributed by atoms with van der Waals surface area (Å²) in [6.45, 7) is 5.41. The Morgan fingerprint density at radius 1 is 1.07 bits per heavy atom. The molecule has 6 heteroatoms. The van der Waals surface area contributed by atoms with Gasteiger partial charge in [0.25, 0.3) is 0 Å². The molecular weight excluding hydrogens is 384 g/mol. The van der Waals surface area contributed by atoms with Gasteiger partial charge >= 0.3 is 5.97 Å². The fourth-order valence-electron chi connectivity index (χ4n) is 4.41. The number of methoxy groups -OCH3 is 1. The van der Waals surface area contributed by atoms with Crippen LogP contribution in [0.5, 0.6) is 5.75 Å². The number of carbonyl (C=O) groups is 3. The van der Waals surface area contributed by atoms with Crippen LogP contribution in [0.3, 0.4) is 0 Å². The van der Waals surface area contributed by atoms with Gasteiger partial charge in [-0.05, 0) is 29.7 Å². The topological polar surface area (TPSA) is 89.9 Å². The Morgan fingerprint density at radius 3 is 2.40 bits per heavy atom. The monoisotopic (exact) mass is 408 g/mol. The predicted molar refractivity (Wildman–Crippen MR) is 109 cm³/mol. The fraction of sp³-hybridized carbons (Fsp3) is 0.375. The van der Waals surface area contributed by atoms with Gasteiger partial charge in [0.2, 0.25) is 0 Å². The smallest absolute Gasteiger partial charge is 0.308 e. The molecule has 0 saturated carbocycles. The summed E-state index contributed by atoms with van der Waals surface area (Å²) in [6.07, 6.45) is -1.19. The molecule has 0 aliphatic heterocycles. The van der Waals surface area contributed by atoms with Crippen molar-refractivity contribution < 1.29 is 29.0 Å². The van der Waals surface area contributed by atoms with Crippen LogP contribution in [0.4, 0.5) is 0 Å². The molecule has 2 aromatic carbocycles. The molecule has 4 rings (SSSR count). The molecule has 0 aromatic heterocycles. The first-order valence-corrected chi connectivity index (χ1v) is 10.1. The van der Waals surface area contributed by atoms with E-state index in [2.05, 4.69) is 0 Å². The van der Waals surface area contributed by atoms with Crippen molar-refractivity contribution >= 4 is 17.5 Å². The summed E-state index contributed by atoms with van der Waals surface area (Å²) in [7, 11) is 1.45. The number of fused-ring (bicyclic) bond motifs is 4. The molecule has 0 amide bonds. The molecular formula is C24H24O6. The van der Waals surface area contributed by atoms with Crippen LogP contribution in [-0.4, -0.2) is 29.8 Å². The van der Waals surface area contributed by atoms with Crippen LogP contribution in [0.25, 0.3) is 0 Å². The van der Waals surface area contributed by atoms with E-state index in [1.54, 1.807) is 44.2 Å². The van der Waals surface area contributed by atoms with E-state index in [4.69, 9.17) is 9.47 Å². The van der Waals surface area contributed by atoms with E-state index in [0.29, 0.717) is 23.3 Å². The molecule has 1 N–H and O–H groups in total. The normalized spacial score (nSPS) is 22.3. The number of carbonyl (C=O) groups excluding carboxylic acids is 3. The zero-order valence-corrected chi connectivity index (χ0v) is 17.4. The lowest BCUT2D eigenvalue weighted by atomic mass is 9.73. The van der Waals surface area contributed by atoms with Crippen molar-refractivity contribution in [3.05, 3.63) is 63.7 Å². The number of aliphatic hydroxyl groups excluding tert-OH is 1. The minimum atomic E-state index is -0.928. The molecule has 0 fully saturated rings. The van der Waals surface area contributed by atoms with Gasteiger partial charge in [-0.1, -0.05) is 39.0 Å². The van der Waals surface area contributed by atoms with E-state index in [0.717, 1.165) is 0 Å². The molecule has 30 heavy (non-hydrogen) atoms. The highest BCUT2D eigenvalue weighted by molar-refractivity contribution is 6.30. The summed E-state index contributed by atoms with van der Waals surface area (Å²) in [5.41, 5.74) is 1.89. The van der Waals surface area contributed by atoms with Crippen molar-refractivity contribution in [2.24, 2.45) is 11.8 Å². The number of rotatable bonds is 3. The van der Waals surface area contributed by atoms with E-state index in [1.165, 1.54) is 7.11 Å². The standard InChI is InChI=1S/C24H24O6/c1-11(2)24(28)30-23-12(3)10-16(25)18-15(23)9-8-14-20(18)22(27)13-6-5-7-17(29-4)19(13)21(14)26/h5-9,11-12,16,23,25H,10H2,1-4H3. The van der Waals surface area contributed by atoms with Crippen LogP contribution in [-0.2, 0) is 9.53 Å². The highest BCUT2D eigenvalue weighted by Gasteiger charge is 2.42. The van der Waals surface area contributed by atoms with Gasteiger partial charge in [0, 0.05) is 22.6 Å². The zero-order valence-electron chi connectivity index (χ0n) is 17.4. The first kappa shape index (κ1) is 20.3. The molecule has 3 unspecified atom stereocenters. The SMILES string of the molecule is COc1cccc2c1C(=O)c1ccc3c(c1C2=O)C(O)CC(C)C3OC(=O)C(C)C. The molecule has 0 heterocycles. The Balaban J connectivity index is 1.90. The molecule has 0 spiro atoms. The number of ether oxygens (including phenoxy) is 2. The Labute approximate surface area is 174 Å². The summed E-state index contributed by atoms with van der Waals surface area (Å²) in [5.74, 6) is -1.08. The average molecular weight is 408 g/mol. The van der Waals surface area contributed by atoms with Gasteiger partial charge in [-0.3, -0.25) is 14.4 Å². The number of aliphatic hydroxyl groups is 1. The summed E-state index contributed by atoms with van der Waals surface area (Å²) in [5, 5.41) is 10.9. The molecule has 2 aliphatic carbocycles. The summed E-state index contributed by atoms with van der Waals surface area (Å²) in [6, 6.07) is 8.18. The second-order valence-electron chi connectivity index (χ2n) is 8.27. The van der Waals surface area contributed by atoms with Crippen molar-refractivity contribution in [3.8, 4) is 5.75 Å². The lowest BCUT2D eigenvalue weighted by molar-refractivity contribution is -0.157. The lowest BCUT2D eigenvalue weighted by Gasteiger charge is -2.36. The van der Waals surface area contributed by atoms with Gasteiger partial charge in [0.05, 0.1) is 24.7 Å². The Bertz CT molecular complexity index is 1070. The number of ketones is 2. The Hall–Kier alpha value is -2.99. The minimum absolute atomic E-state index is 0.130. The summed E-state index contributed by atoms with van der Waals surface area (Å²) < 4.78 is 11.0. The fourth-order valence-corrected chi connectivity index (χ4v) is 4.41. The number of hydrogen-bond donors (Lipinski definition) is 1. The number of esters is 1. The van der Waals surface area contributed by atoms with E-state index < -0.39 is 12.2 Å². The van der Waals surface area contributed by atoms with Crippen LogP contribution in [0.15, 0.2) is 30.3 Å². The number of hydrogen-bond acceptors (Lipinski definition) is 6. The van der Waals surface area contributed by atoms with E-state index in [1.807, 2.05) is 6.92 Å².